The Morgan fingerprint density at radius 2 is 1.88 bits per heavy atom. The van der Waals surface area contributed by atoms with Gasteiger partial charge in [-0.15, -0.1) is 0 Å². The SMILES string of the molecule is C=C(C)C[C@@]1(c2ccccc2)CCN([C@H](C)c2ccc(Br)cc2)C(=O)O1. The van der Waals surface area contributed by atoms with Crippen LogP contribution in [0.25, 0.3) is 0 Å². The molecule has 2 aromatic carbocycles. The van der Waals surface area contributed by atoms with Crippen LogP contribution in [0.15, 0.2) is 71.2 Å². The van der Waals surface area contributed by atoms with Crippen molar-refractivity contribution in [3.8, 4) is 0 Å². The summed E-state index contributed by atoms with van der Waals surface area (Å²) in [7, 11) is 0. The number of hydrogen-bond donors (Lipinski definition) is 0. The molecular formula is C22H24BrNO2. The number of cyclic esters (lactones) is 1. The van der Waals surface area contributed by atoms with E-state index in [0.29, 0.717) is 13.0 Å². The van der Waals surface area contributed by atoms with Gasteiger partial charge in [-0.05, 0) is 37.1 Å². The second-order valence-electron chi connectivity index (χ2n) is 7.03. The van der Waals surface area contributed by atoms with Crippen LogP contribution < -0.4 is 0 Å². The molecule has 4 heteroatoms. The Bertz CT molecular complexity index is 788. The molecule has 0 N–H and O–H groups in total. The molecule has 3 rings (SSSR count). The number of carbonyl (C=O) groups excluding carboxylic acids is 1. The molecule has 1 aliphatic heterocycles. The molecule has 0 unspecified atom stereocenters. The summed E-state index contributed by atoms with van der Waals surface area (Å²) in [5.74, 6) is 0. The highest BCUT2D eigenvalue weighted by Gasteiger charge is 2.43. The van der Waals surface area contributed by atoms with Crippen molar-refractivity contribution in [1.29, 1.82) is 0 Å². The molecule has 1 aliphatic rings. The molecule has 136 valence electrons. The normalized spacial score (nSPS) is 21.2. The van der Waals surface area contributed by atoms with Crippen molar-refractivity contribution in [2.75, 3.05) is 6.54 Å². The Labute approximate surface area is 163 Å². The summed E-state index contributed by atoms with van der Waals surface area (Å²) in [4.78, 5) is 14.7. The van der Waals surface area contributed by atoms with E-state index >= 15 is 0 Å². The highest BCUT2D eigenvalue weighted by Crippen LogP contribution is 2.41. The second kappa shape index (κ2) is 7.67. The summed E-state index contributed by atoms with van der Waals surface area (Å²) in [6.07, 6.45) is 1.12. The maximum absolute atomic E-state index is 12.9. The van der Waals surface area contributed by atoms with Gasteiger partial charge in [-0.1, -0.05) is 70.5 Å². The van der Waals surface area contributed by atoms with E-state index in [0.717, 1.165) is 27.6 Å². The van der Waals surface area contributed by atoms with E-state index in [1.165, 1.54) is 0 Å². The first-order chi connectivity index (χ1) is 12.4. The van der Waals surface area contributed by atoms with Gasteiger partial charge < -0.3 is 9.64 Å². The standard InChI is InChI=1S/C22H24BrNO2/c1-16(2)15-22(19-7-5-4-6-8-19)13-14-24(21(25)26-22)17(3)18-9-11-20(23)12-10-18/h4-12,17H,1,13-15H2,2-3H3/t17-,22-/m1/s1. The predicted molar refractivity (Wildman–Crippen MR) is 108 cm³/mol. The molecule has 0 bridgehead atoms. The van der Waals surface area contributed by atoms with Crippen LogP contribution in [0.2, 0.25) is 0 Å². The molecule has 2 aromatic rings. The van der Waals surface area contributed by atoms with Gasteiger partial charge in [-0.2, -0.15) is 0 Å². The van der Waals surface area contributed by atoms with Crippen molar-refractivity contribution in [3.05, 3.63) is 82.3 Å². The highest BCUT2D eigenvalue weighted by atomic mass is 79.9. The summed E-state index contributed by atoms with van der Waals surface area (Å²) in [6, 6.07) is 18.0. The topological polar surface area (TPSA) is 29.5 Å². The third kappa shape index (κ3) is 3.85. The number of carbonyl (C=O) groups is 1. The monoisotopic (exact) mass is 413 g/mol. The van der Waals surface area contributed by atoms with Crippen LogP contribution in [0, 0.1) is 0 Å². The second-order valence-corrected chi connectivity index (χ2v) is 7.95. The smallest absolute Gasteiger partial charge is 0.411 e. The first-order valence-corrected chi connectivity index (χ1v) is 9.65. The molecule has 0 aliphatic carbocycles. The molecule has 0 aromatic heterocycles. The zero-order valence-electron chi connectivity index (χ0n) is 15.2. The number of benzene rings is 2. The zero-order chi connectivity index (χ0) is 18.7. The lowest BCUT2D eigenvalue weighted by Crippen LogP contribution is -2.48. The average molecular weight is 414 g/mol. The number of nitrogens with zero attached hydrogens (tertiary/aromatic N) is 1. The third-order valence-electron chi connectivity index (χ3n) is 4.98. The zero-order valence-corrected chi connectivity index (χ0v) is 16.8. The van der Waals surface area contributed by atoms with E-state index in [9.17, 15) is 4.79 Å². The number of halogens is 1. The first-order valence-electron chi connectivity index (χ1n) is 8.86. The fraction of sp³-hybridized carbons (Fsp3) is 0.318. The lowest BCUT2D eigenvalue weighted by Gasteiger charge is -2.43. The average Bonchev–Trinajstić information content (AvgIpc) is 2.62. The van der Waals surface area contributed by atoms with Gasteiger partial charge in [0.25, 0.3) is 0 Å². The molecule has 1 amide bonds. The maximum atomic E-state index is 12.9. The van der Waals surface area contributed by atoms with Crippen molar-refractivity contribution in [2.45, 2.75) is 38.3 Å². The van der Waals surface area contributed by atoms with Crippen molar-refractivity contribution < 1.29 is 9.53 Å². The van der Waals surface area contributed by atoms with Crippen LogP contribution in [-0.2, 0) is 10.3 Å². The van der Waals surface area contributed by atoms with Gasteiger partial charge in [0.05, 0.1) is 6.04 Å². The van der Waals surface area contributed by atoms with Crippen LogP contribution in [0.1, 0.15) is 43.9 Å². The lowest BCUT2D eigenvalue weighted by atomic mass is 9.83. The Kier molecular flexibility index (Phi) is 5.52. The van der Waals surface area contributed by atoms with E-state index in [1.54, 1.807) is 0 Å². The van der Waals surface area contributed by atoms with Crippen molar-refractivity contribution >= 4 is 22.0 Å². The van der Waals surface area contributed by atoms with Gasteiger partial charge in [0.2, 0.25) is 0 Å². The van der Waals surface area contributed by atoms with Gasteiger partial charge in [0.1, 0.15) is 5.60 Å². The number of hydrogen-bond acceptors (Lipinski definition) is 2. The molecular weight excluding hydrogens is 390 g/mol. The van der Waals surface area contributed by atoms with E-state index in [2.05, 4.69) is 22.5 Å². The molecule has 1 fully saturated rings. The Morgan fingerprint density at radius 1 is 1.23 bits per heavy atom. The Balaban J connectivity index is 1.84. The predicted octanol–water partition coefficient (Wildman–Crippen LogP) is 6.21. The summed E-state index contributed by atoms with van der Waals surface area (Å²) < 4.78 is 7.09. The number of amides is 1. The van der Waals surface area contributed by atoms with E-state index < -0.39 is 5.60 Å². The number of rotatable bonds is 5. The molecule has 0 saturated carbocycles. The molecule has 1 saturated heterocycles. The Hall–Kier alpha value is -2.07. The summed E-state index contributed by atoms with van der Waals surface area (Å²) in [5.41, 5.74) is 2.51. The van der Waals surface area contributed by atoms with Crippen LogP contribution in [-0.4, -0.2) is 17.5 Å². The van der Waals surface area contributed by atoms with E-state index in [-0.39, 0.29) is 12.1 Å². The minimum Gasteiger partial charge on any atom is -0.437 e. The third-order valence-corrected chi connectivity index (χ3v) is 5.51. The molecule has 0 radical (unpaired) electrons. The van der Waals surface area contributed by atoms with Crippen molar-refractivity contribution in [1.82, 2.24) is 4.90 Å². The minimum atomic E-state index is -0.625. The summed E-state index contributed by atoms with van der Waals surface area (Å²) in [5, 5.41) is 0. The lowest BCUT2D eigenvalue weighted by molar-refractivity contribution is -0.0602. The van der Waals surface area contributed by atoms with Crippen LogP contribution in [0.4, 0.5) is 4.79 Å². The van der Waals surface area contributed by atoms with Crippen molar-refractivity contribution in [2.24, 2.45) is 0 Å². The summed E-state index contributed by atoms with van der Waals surface area (Å²) in [6.45, 7) is 8.72. The van der Waals surface area contributed by atoms with Crippen LogP contribution >= 0.6 is 15.9 Å². The van der Waals surface area contributed by atoms with Gasteiger partial charge in [-0.25, -0.2) is 4.79 Å². The highest BCUT2D eigenvalue weighted by molar-refractivity contribution is 9.10. The van der Waals surface area contributed by atoms with Gasteiger partial charge in [-0.3, -0.25) is 0 Å². The van der Waals surface area contributed by atoms with Crippen LogP contribution in [0.3, 0.4) is 0 Å². The van der Waals surface area contributed by atoms with Gasteiger partial charge >= 0.3 is 6.09 Å². The molecule has 0 spiro atoms. The minimum absolute atomic E-state index is 0.0331. The van der Waals surface area contributed by atoms with Gasteiger partial charge in [0, 0.05) is 23.9 Å². The number of ether oxygens (including phenoxy) is 1. The van der Waals surface area contributed by atoms with E-state index in [1.807, 2.05) is 73.3 Å². The fourth-order valence-corrected chi connectivity index (χ4v) is 3.87. The largest absolute Gasteiger partial charge is 0.437 e. The molecule has 1 heterocycles. The molecule has 3 nitrogen and oxygen atoms in total. The van der Waals surface area contributed by atoms with E-state index in [4.69, 9.17) is 4.74 Å². The van der Waals surface area contributed by atoms with Crippen LogP contribution in [0.5, 0.6) is 0 Å². The maximum Gasteiger partial charge on any atom is 0.411 e. The quantitative estimate of drug-likeness (QED) is 0.544. The molecule has 26 heavy (non-hydrogen) atoms. The fourth-order valence-electron chi connectivity index (χ4n) is 3.60. The Morgan fingerprint density at radius 3 is 2.46 bits per heavy atom. The first kappa shape index (κ1) is 18.7. The van der Waals surface area contributed by atoms with Gasteiger partial charge in [0.15, 0.2) is 0 Å². The van der Waals surface area contributed by atoms with Crippen molar-refractivity contribution in [3.63, 3.8) is 0 Å². The summed E-state index contributed by atoms with van der Waals surface area (Å²) >= 11 is 3.45. The molecule has 2 atom stereocenters.